The van der Waals surface area contributed by atoms with Crippen molar-refractivity contribution in [3.05, 3.63) is 29.8 Å². The number of carbonyl (C=O) groups excluding carboxylic acids is 7. The molecule has 0 bridgehead atoms. The van der Waals surface area contributed by atoms with Crippen LogP contribution in [0.1, 0.15) is 45.6 Å². The van der Waals surface area contributed by atoms with Crippen LogP contribution >= 0.6 is 11.8 Å². The summed E-state index contributed by atoms with van der Waals surface area (Å²) in [4.78, 5) is 114. The van der Waals surface area contributed by atoms with Crippen molar-refractivity contribution in [1.29, 1.82) is 0 Å². The number of amides is 7. The summed E-state index contributed by atoms with van der Waals surface area (Å²) in [6.07, 6.45) is 0.660. The van der Waals surface area contributed by atoms with Crippen molar-refractivity contribution in [2.24, 2.45) is 11.7 Å². The SMILES string of the molecule is CSCC[C@H](NC(=O)[C@H](CO)NC(=O)[C@H](Cc1ccc(O)cc1)NC(=O)[C@H](CO)NC(=O)[C@@H](N)CC(C)C)C(=O)N[C@@H](CC(=O)O)C(=O)N[C@@H](C)C(=O)NCC(=O)O. The van der Waals surface area contributed by atoms with Crippen LogP contribution in [0.3, 0.4) is 0 Å². The summed E-state index contributed by atoms with van der Waals surface area (Å²) >= 11 is 1.26. The third-order valence-corrected chi connectivity index (χ3v) is 8.77. The molecule has 7 atom stereocenters. The molecule has 58 heavy (non-hydrogen) atoms. The van der Waals surface area contributed by atoms with Crippen molar-refractivity contribution in [1.82, 2.24) is 37.2 Å². The van der Waals surface area contributed by atoms with Crippen molar-refractivity contribution < 1.29 is 68.7 Å². The Hall–Kier alpha value is -5.52. The maximum absolute atomic E-state index is 13.6. The molecule has 324 valence electrons. The molecule has 1 aromatic carbocycles. The summed E-state index contributed by atoms with van der Waals surface area (Å²) in [5.41, 5.74) is 6.31. The number of aliphatic hydroxyl groups is 2. The van der Waals surface area contributed by atoms with E-state index in [1.165, 1.54) is 43.0 Å². The molecule has 14 N–H and O–H groups in total. The molecule has 0 spiro atoms. The molecule has 7 amide bonds. The van der Waals surface area contributed by atoms with Gasteiger partial charge in [-0.3, -0.25) is 43.2 Å². The van der Waals surface area contributed by atoms with Crippen molar-refractivity contribution in [3.8, 4) is 5.75 Å². The zero-order valence-corrected chi connectivity index (χ0v) is 33.3. The number of carboxylic acid groups (broad SMARTS) is 2. The quantitative estimate of drug-likeness (QED) is 0.0419. The van der Waals surface area contributed by atoms with E-state index < -0.39 is 122 Å². The number of phenols is 1. The second-order valence-corrected chi connectivity index (χ2v) is 14.5. The summed E-state index contributed by atoms with van der Waals surface area (Å²) < 4.78 is 0. The van der Waals surface area contributed by atoms with Gasteiger partial charge in [-0.1, -0.05) is 26.0 Å². The van der Waals surface area contributed by atoms with E-state index in [0.717, 1.165) is 0 Å². The molecule has 23 heteroatoms. The van der Waals surface area contributed by atoms with E-state index in [1.807, 2.05) is 19.2 Å². The number of carboxylic acids is 2. The zero-order chi connectivity index (χ0) is 44.1. The highest BCUT2D eigenvalue weighted by atomic mass is 32.2. The van der Waals surface area contributed by atoms with E-state index in [9.17, 15) is 63.6 Å². The predicted molar refractivity (Wildman–Crippen MR) is 207 cm³/mol. The van der Waals surface area contributed by atoms with Crippen molar-refractivity contribution >= 4 is 65.1 Å². The van der Waals surface area contributed by atoms with E-state index in [0.29, 0.717) is 5.56 Å². The molecule has 0 saturated carbocycles. The monoisotopic (exact) mass is 842 g/mol. The van der Waals surface area contributed by atoms with Crippen molar-refractivity contribution in [3.63, 3.8) is 0 Å². The second kappa shape index (κ2) is 25.7. The Morgan fingerprint density at radius 1 is 0.638 bits per heavy atom. The van der Waals surface area contributed by atoms with Crippen LogP contribution in [0, 0.1) is 5.92 Å². The Labute approximate surface area is 338 Å². The number of nitrogens with two attached hydrogens (primary N) is 1. The van der Waals surface area contributed by atoms with E-state index in [2.05, 4.69) is 31.9 Å². The minimum atomic E-state index is -1.77. The number of thioether (sulfide) groups is 1. The Bertz CT molecular complexity index is 1600. The zero-order valence-electron chi connectivity index (χ0n) is 32.5. The van der Waals surface area contributed by atoms with Crippen molar-refractivity contribution in [2.45, 2.75) is 88.7 Å². The molecule has 0 heterocycles. The number of benzene rings is 1. The number of phenolic OH excluding ortho intramolecular Hbond substituents is 1. The number of aliphatic carboxylic acids is 2. The van der Waals surface area contributed by atoms with Gasteiger partial charge in [0.15, 0.2) is 0 Å². The van der Waals surface area contributed by atoms with Gasteiger partial charge in [0.2, 0.25) is 41.4 Å². The third-order valence-electron chi connectivity index (χ3n) is 8.12. The average molecular weight is 843 g/mol. The van der Waals surface area contributed by atoms with Crippen LogP contribution < -0.4 is 43.0 Å². The molecule has 0 aromatic heterocycles. The Morgan fingerprint density at radius 3 is 1.60 bits per heavy atom. The standard InChI is InChI=1S/C35H54N8O14S/c1-17(2)11-21(36)30(52)42-25(15-44)35(57)40-23(12-19-5-7-20(46)8-6-19)33(55)43-26(16-45)34(56)39-22(9-10-58-4)31(53)41-24(13-27(47)48)32(54)38-18(3)29(51)37-14-28(49)50/h5-8,17-18,21-26,44-46H,9-16,36H2,1-4H3,(H,37,51)(H,38,54)(H,39,56)(H,40,57)(H,41,53)(H,42,52)(H,43,55)(H,47,48)(H,49,50)/t18-,21-,22-,23-,24-,25-,26-/m0/s1. The fourth-order valence-electron chi connectivity index (χ4n) is 5.03. The highest BCUT2D eigenvalue weighted by Crippen LogP contribution is 2.12. The molecular formula is C35H54N8O14S. The highest BCUT2D eigenvalue weighted by molar-refractivity contribution is 7.98. The number of aliphatic hydroxyl groups excluding tert-OH is 2. The smallest absolute Gasteiger partial charge is 0.322 e. The van der Waals surface area contributed by atoms with Crippen LogP contribution in [0.2, 0.25) is 0 Å². The second-order valence-electron chi connectivity index (χ2n) is 13.5. The number of hydrogen-bond donors (Lipinski definition) is 13. The van der Waals surface area contributed by atoms with Crippen LogP contribution in [-0.2, 0) is 49.6 Å². The lowest BCUT2D eigenvalue weighted by atomic mass is 10.0. The van der Waals surface area contributed by atoms with E-state index in [4.69, 9.17) is 10.8 Å². The fraction of sp³-hybridized carbons (Fsp3) is 0.571. The molecule has 0 aliphatic heterocycles. The minimum Gasteiger partial charge on any atom is -0.508 e. The first-order valence-electron chi connectivity index (χ1n) is 18.0. The molecule has 0 fully saturated rings. The number of hydrogen-bond acceptors (Lipinski definition) is 14. The van der Waals surface area contributed by atoms with E-state index >= 15 is 0 Å². The van der Waals surface area contributed by atoms with Gasteiger partial charge in [-0.15, -0.1) is 0 Å². The average Bonchev–Trinajstić information content (AvgIpc) is 3.15. The molecule has 0 saturated heterocycles. The van der Waals surface area contributed by atoms with Gasteiger partial charge in [0.25, 0.3) is 0 Å². The lowest BCUT2D eigenvalue weighted by molar-refractivity contribution is -0.142. The van der Waals surface area contributed by atoms with Crippen LogP contribution in [0.25, 0.3) is 0 Å². The summed E-state index contributed by atoms with van der Waals surface area (Å²) in [6.45, 7) is 2.19. The first kappa shape index (κ1) is 50.5. The highest BCUT2D eigenvalue weighted by Gasteiger charge is 2.34. The van der Waals surface area contributed by atoms with Crippen LogP contribution in [0.4, 0.5) is 0 Å². The normalized spacial score (nSPS) is 14.6. The summed E-state index contributed by atoms with van der Waals surface area (Å²) in [5.74, 6) is -9.63. The van der Waals surface area contributed by atoms with Crippen LogP contribution in [0.15, 0.2) is 24.3 Å². The van der Waals surface area contributed by atoms with Gasteiger partial charge in [-0.25, -0.2) is 0 Å². The molecule has 1 aromatic rings. The van der Waals surface area contributed by atoms with Gasteiger partial charge in [0.1, 0.15) is 48.5 Å². The predicted octanol–water partition coefficient (Wildman–Crippen LogP) is -4.35. The third kappa shape index (κ3) is 18.6. The fourth-order valence-corrected chi connectivity index (χ4v) is 5.50. The number of aromatic hydroxyl groups is 1. The van der Waals surface area contributed by atoms with Crippen molar-refractivity contribution in [2.75, 3.05) is 31.8 Å². The Balaban J connectivity index is 3.24. The molecule has 0 unspecified atom stereocenters. The van der Waals surface area contributed by atoms with Gasteiger partial charge >= 0.3 is 11.9 Å². The summed E-state index contributed by atoms with van der Waals surface area (Å²) in [7, 11) is 0. The van der Waals surface area contributed by atoms with Gasteiger partial charge in [-0.05, 0) is 55.4 Å². The van der Waals surface area contributed by atoms with E-state index in [-0.39, 0.29) is 36.7 Å². The number of rotatable bonds is 26. The van der Waals surface area contributed by atoms with Gasteiger partial charge in [-0.2, -0.15) is 11.8 Å². The minimum absolute atomic E-state index is 0.0388. The maximum atomic E-state index is 13.6. The summed E-state index contributed by atoms with van der Waals surface area (Å²) in [6, 6.07) is -4.87. The maximum Gasteiger partial charge on any atom is 0.322 e. The number of carbonyl (C=O) groups is 9. The lowest BCUT2D eigenvalue weighted by Crippen LogP contribution is -2.61. The largest absolute Gasteiger partial charge is 0.508 e. The summed E-state index contributed by atoms with van der Waals surface area (Å²) in [5, 5.41) is 63.7. The molecule has 0 aliphatic carbocycles. The topological polar surface area (TPSA) is 365 Å². The van der Waals surface area contributed by atoms with Gasteiger partial charge in [0.05, 0.1) is 25.7 Å². The number of nitrogens with one attached hydrogen (secondary N) is 7. The lowest BCUT2D eigenvalue weighted by Gasteiger charge is -2.26. The van der Waals surface area contributed by atoms with Crippen LogP contribution in [-0.4, -0.2) is 153 Å². The molecular weight excluding hydrogens is 788 g/mol. The van der Waals surface area contributed by atoms with Crippen LogP contribution in [0.5, 0.6) is 5.75 Å². The first-order chi connectivity index (χ1) is 27.2. The molecule has 22 nitrogen and oxygen atoms in total. The Kier molecular flexibility index (Phi) is 22.4. The van der Waals surface area contributed by atoms with Gasteiger partial charge < -0.3 is 68.5 Å². The molecule has 1 rings (SSSR count). The molecule has 0 aliphatic rings. The first-order valence-corrected chi connectivity index (χ1v) is 19.4. The molecule has 0 radical (unpaired) electrons. The van der Waals surface area contributed by atoms with Gasteiger partial charge in [0, 0.05) is 6.42 Å². The van der Waals surface area contributed by atoms with E-state index in [1.54, 1.807) is 6.26 Å². The Morgan fingerprint density at radius 2 is 1.10 bits per heavy atom.